The Labute approximate surface area is 94.3 Å². The Kier molecular flexibility index (Phi) is 4.02. The number of aromatic nitrogens is 1. The molecule has 1 aromatic rings. The number of pyridine rings is 1. The van der Waals surface area contributed by atoms with Gasteiger partial charge in [0, 0.05) is 7.05 Å². The molecule has 0 fully saturated rings. The molecule has 86 valence electrons. The number of methoxy groups -OCH3 is 1. The van der Waals surface area contributed by atoms with Crippen LogP contribution in [-0.2, 0) is 4.84 Å². The van der Waals surface area contributed by atoms with Gasteiger partial charge in [0.15, 0.2) is 5.69 Å². The SMILES string of the molecule is C=Cc1ccc(OC)c(C(=O)N(C)OC)n1. The Morgan fingerprint density at radius 3 is 2.69 bits per heavy atom. The van der Waals surface area contributed by atoms with Gasteiger partial charge in [-0.2, -0.15) is 0 Å². The van der Waals surface area contributed by atoms with Crippen molar-refractivity contribution in [2.24, 2.45) is 0 Å². The predicted molar refractivity (Wildman–Crippen MR) is 60.0 cm³/mol. The Morgan fingerprint density at radius 1 is 1.50 bits per heavy atom. The second-order valence-electron chi connectivity index (χ2n) is 2.98. The zero-order valence-corrected chi connectivity index (χ0v) is 9.56. The van der Waals surface area contributed by atoms with Crippen LogP contribution in [0.2, 0.25) is 0 Å². The molecule has 1 amide bonds. The fourth-order valence-electron chi connectivity index (χ4n) is 1.13. The molecule has 16 heavy (non-hydrogen) atoms. The van der Waals surface area contributed by atoms with E-state index in [2.05, 4.69) is 11.6 Å². The summed E-state index contributed by atoms with van der Waals surface area (Å²) in [5.41, 5.74) is 0.804. The molecule has 0 saturated carbocycles. The normalized spacial score (nSPS) is 9.69. The van der Waals surface area contributed by atoms with Crippen LogP contribution in [-0.4, -0.2) is 37.2 Å². The summed E-state index contributed by atoms with van der Waals surface area (Å²) in [4.78, 5) is 20.8. The van der Waals surface area contributed by atoms with Gasteiger partial charge in [-0.3, -0.25) is 9.63 Å². The highest BCUT2D eigenvalue weighted by molar-refractivity contribution is 5.94. The molecule has 0 aliphatic rings. The molecule has 5 heteroatoms. The molecular weight excluding hydrogens is 208 g/mol. The minimum absolute atomic E-state index is 0.198. The first-order chi connectivity index (χ1) is 7.63. The molecule has 0 atom stereocenters. The second-order valence-corrected chi connectivity index (χ2v) is 2.98. The first-order valence-electron chi connectivity index (χ1n) is 4.63. The Hall–Kier alpha value is -1.88. The van der Waals surface area contributed by atoms with Crippen LogP contribution >= 0.6 is 0 Å². The third-order valence-corrected chi connectivity index (χ3v) is 2.07. The summed E-state index contributed by atoms with van der Waals surface area (Å²) in [5, 5.41) is 1.08. The van der Waals surface area contributed by atoms with Gasteiger partial charge in [0.2, 0.25) is 0 Å². The lowest BCUT2D eigenvalue weighted by molar-refractivity contribution is -0.0762. The molecule has 5 nitrogen and oxygen atoms in total. The minimum Gasteiger partial charge on any atom is -0.494 e. The van der Waals surface area contributed by atoms with Crippen LogP contribution in [0.15, 0.2) is 18.7 Å². The summed E-state index contributed by atoms with van der Waals surface area (Å²) in [6.45, 7) is 3.59. The lowest BCUT2D eigenvalue weighted by atomic mass is 10.2. The summed E-state index contributed by atoms with van der Waals surface area (Å²) in [7, 11) is 4.39. The molecule has 1 heterocycles. The predicted octanol–water partition coefficient (Wildman–Crippen LogP) is 1.37. The molecule has 0 aliphatic heterocycles. The largest absolute Gasteiger partial charge is 0.494 e. The number of ether oxygens (including phenoxy) is 1. The maximum atomic E-state index is 11.8. The molecule has 0 spiro atoms. The summed E-state index contributed by atoms with van der Waals surface area (Å²) in [5.74, 6) is 0.0301. The Morgan fingerprint density at radius 2 is 2.19 bits per heavy atom. The van der Waals surface area contributed by atoms with Crippen LogP contribution in [0.4, 0.5) is 0 Å². The number of carbonyl (C=O) groups excluding carboxylic acids is 1. The lowest BCUT2D eigenvalue weighted by Gasteiger charge is -2.15. The lowest BCUT2D eigenvalue weighted by Crippen LogP contribution is -2.26. The van der Waals surface area contributed by atoms with E-state index in [1.807, 2.05) is 0 Å². The van der Waals surface area contributed by atoms with E-state index in [0.717, 1.165) is 5.06 Å². The van der Waals surface area contributed by atoms with Crippen molar-refractivity contribution in [1.29, 1.82) is 0 Å². The van der Waals surface area contributed by atoms with Crippen LogP contribution in [0.1, 0.15) is 16.2 Å². The molecular formula is C11H14N2O3. The first kappa shape index (κ1) is 12.2. The molecule has 1 aromatic heterocycles. The summed E-state index contributed by atoms with van der Waals surface area (Å²) in [6, 6.07) is 3.39. The van der Waals surface area contributed by atoms with Crippen molar-refractivity contribution in [2.75, 3.05) is 21.3 Å². The Bertz CT molecular complexity index is 404. The van der Waals surface area contributed by atoms with E-state index < -0.39 is 0 Å². The van der Waals surface area contributed by atoms with Crippen LogP contribution in [0.3, 0.4) is 0 Å². The van der Waals surface area contributed by atoms with Crippen molar-refractivity contribution in [3.8, 4) is 5.75 Å². The van der Waals surface area contributed by atoms with E-state index in [1.54, 1.807) is 18.2 Å². The fraction of sp³-hybridized carbons (Fsp3) is 0.273. The van der Waals surface area contributed by atoms with Gasteiger partial charge < -0.3 is 4.74 Å². The van der Waals surface area contributed by atoms with Gasteiger partial charge in [0.05, 0.1) is 19.9 Å². The summed E-state index contributed by atoms with van der Waals surface area (Å²) < 4.78 is 5.06. The highest BCUT2D eigenvalue weighted by Crippen LogP contribution is 2.18. The van der Waals surface area contributed by atoms with E-state index in [9.17, 15) is 4.79 Å². The van der Waals surface area contributed by atoms with Crippen molar-refractivity contribution in [3.63, 3.8) is 0 Å². The average molecular weight is 222 g/mol. The van der Waals surface area contributed by atoms with Gasteiger partial charge in [-0.15, -0.1) is 0 Å². The summed E-state index contributed by atoms with van der Waals surface area (Å²) in [6.07, 6.45) is 1.56. The van der Waals surface area contributed by atoms with E-state index in [4.69, 9.17) is 9.57 Å². The first-order valence-corrected chi connectivity index (χ1v) is 4.63. The number of nitrogens with zero attached hydrogens (tertiary/aromatic N) is 2. The molecule has 0 unspecified atom stereocenters. The zero-order chi connectivity index (χ0) is 12.1. The summed E-state index contributed by atoms with van der Waals surface area (Å²) >= 11 is 0. The second kappa shape index (κ2) is 5.27. The van der Waals surface area contributed by atoms with Gasteiger partial charge in [-0.05, 0) is 18.2 Å². The molecule has 0 N–H and O–H groups in total. The Balaban J connectivity index is 3.18. The van der Waals surface area contributed by atoms with Crippen LogP contribution in [0.5, 0.6) is 5.75 Å². The van der Waals surface area contributed by atoms with Gasteiger partial charge in [-0.1, -0.05) is 6.58 Å². The molecule has 0 radical (unpaired) electrons. The number of carbonyl (C=O) groups is 1. The molecule has 0 saturated heterocycles. The maximum Gasteiger partial charge on any atom is 0.299 e. The van der Waals surface area contributed by atoms with Crippen molar-refractivity contribution >= 4 is 12.0 Å². The van der Waals surface area contributed by atoms with Crippen molar-refractivity contribution < 1.29 is 14.4 Å². The zero-order valence-electron chi connectivity index (χ0n) is 9.56. The topological polar surface area (TPSA) is 51.7 Å². The van der Waals surface area contributed by atoms with E-state index in [1.165, 1.54) is 21.3 Å². The number of hydrogen-bond acceptors (Lipinski definition) is 4. The maximum absolute atomic E-state index is 11.8. The third-order valence-electron chi connectivity index (χ3n) is 2.07. The van der Waals surface area contributed by atoms with Gasteiger partial charge >= 0.3 is 0 Å². The quantitative estimate of drug-likeness (QED) is 0.722. The van der Waals surface area contributed by atoms with Crippen molar-refractivity contribution in [2.45, 2.75) is 0 Å². The van der Waals surface area contributed by atoms with Gasteiger partial charge in [-0.25, -0.2) is 10.0 Å². The highest BCUT2D eigenvalue weighted by Gasteiger charge is 2.18. The molecule has 0 aliphatic carbocycles. The smallest absolute Gasteiger partial charge is 0.299 e. The monoisotopic (exact) mass is 222 g/mol. The minimum atomic E-state index is -0.372. The standard InChI is InChI=1S/C11H14N2O3/c1-5-8-6-7-9(15-3)10(12-8)11(14)13(2)16-4/h5-7H,1H2,2-4H3. The van der Waals surface area contributed by atoms with E-state index >= 15 is 0 Å². The van der Waals surface area contributed by atoms with E-state index in [0.29, 0.717) is 11.4 Å². The van der Waals surface area contributed by atoms with Gasteiger partial charge in [0.25, 0.3) is 5.91 Å². The molecule has 0 aromatic carbocycles. The number of hydroxylamine groups is 2. The third kappa shape index (κ3) is 2.38. The molecule has 1 rings (SSSR count). The van der Waals surface area contributed by atoms with Crippen molar-refractivity contribution in [3.05, 3.63) is 30.1 Å². The van der Waals surface area contributed by atoms with Crippen LogP contribution in [0, 0.1) is 0 Å². The van der Waals surface area contributed by atoms with Crippen LogP contribution in [0.25, 0.3) is 6.08 Å². The number of amides is 1. The van der Waals surface area contributed by atoms with Gasteiger partial charge in [0.1, 0.15) is 5.75 Å². The van der Waals surface area contributed by atoms with Crippen LogP contribution < -0.4 is 4.74 Å². The highest BCUT2D eigenvalue weighted by atomic mass is 16.7. The fourth-order valence-corrected chi connectivity index (χ4v) is 1.13. The van der Waals surface area contributed by atoms with E-state index in [-0.39, 0.29) is 11.6 Å². The number of rotatable bonds is 4. The number of hydrogen-bond donors (Lipinski definition) is 0. The molecule has 0 bridgehead atoms. The van der Waals surface area contributed by atoms with Crippen molar-refractivity contribution in [1.82, 2.24) is 10.0 Å². The average Bonchev–Trinajstić information content (AvgIpc) is 2.35.